The van der Waals surface area contributed by atoms with Crippen molar-refractivity contribution in [2.45, 2.75) is 37.3 Å². The Morgan fingerprint density at radius 1 is 0.900 bits per heavy atom. The van der Waals surface area contributed by atoms with Crippen LogP contribution in [-0.4, -0.2) is 59.0 Å². The van der Waals surface area contributed by atoms with Gasteiger partial charge in [0.15, 0.2) is 17.0 Å². The van der Waals surface area contributed by atoms with Crippen molar-refractivity contribution in [2.75, 3.05) is 13.1 Å². The standard InChI is InChI=1S/C14H10ClF5N4O.C8H5BrClF2N3.C6H7F2NO/c15-9-1-2-11-21-13(14(18,19)20)8(24(11)22-9)6-23-5-7(3-10(16)17)4-12(23)25;9-3-4-7(8(11)12)13-6-2-1-5(10)14-15(4)6;7-5(8)1-4-2-6(10)9-3-4/h1-3,7H,4-6H2;1-2,8H,3H2;1,4H,2-3H2,(H,9,10). The quantitative estimate of drug-likeness (QED) is 0.158. The van der Waals surface area contributed by atoms with Gasteiger partial charge in [0.05, 0.1) is 17.9 Å². The lowest BCUT2D eigenvalue weighted by Gasteiger charge is -2.17. The second-order valence-corrected chi connectivity index (χ2v) is 11.9. The first-order valence-corrected chi connectivity index (χ1v) is 15.9. The fraction of sp³-hybridized carbons (Fsp3) is 0.357. The average Bonchev–Trinajstić information content (AvgIpc) is 3.77. The largest absolute Gasteiger partial charge is 0.435 e. The predicted octanol–water partition coefficient (Wildman–Crippen LogP) is 7.65. The summed E-state index contributed by atoms with van der Waals surface area (Å²) in [6.45, 7) is -0.224. The van der Waals surface area contributed by atoms with E-state index in [2.05, 4.69) is 41.4 Å². The highest BCUT2D eigenvalue weighted by Crippen LogP contribution is 2.34. The molecule has 0 aliphatic carbocycles. The Hall–Kier alpha value is -3.91. The maximum absolute atomic E-state index is 13.3. The van der Waals surface area contributed by atoms with Crippen molar-refractivity contribution in [3.05, 3.63) is 81.7 Å². The van der Waals surface area contributed by atoms with E-state index in [1.807, 2.05) is 0 Å². The maximum atomic E-state index is 13.3. The second kappa shape index (κ2) is 16.4. The first-order chi connectivity index (χ1) is 23.5. The summed E-state index contributed by atoms with van der Waals surface area (Å²) in [5.74, 6) is -1.73. The van der Waals surface area contributed by atoms with Crippen molar-refractivity contribution in [2.24, 2.45) is 11.8 Å². The molecule has 1 N–H and O–H groups in total. The summed E-state index contributed by atoms with van der Waals surface area (Å²) >= 11 is 14.5. The van der Waals surface area contributed by atoms with Crippen LogP contribution in [0.4, 0.5) is 39.5 Å². The van der Waals surface area contributed by atoms with E-state index in [1.165, 1.54) is 22.7 Å². The van der Waals surface area contributed by atoms with Gasteiger partial charge in [-0.1, -0.05) is 39.1 Å². The van der Waals surface area contributed by atoms with Crippen molar-refractivity contribution in [3.63, 3.8) is 0 Å². The van der Waals surface area contributed by atoms with E-state index < -0.39 is 48.8 Å². The van der Waals surface area contributed by atoms with Gasteiger partial charge in [-0.3, -0.25) is 9.59 Å². The van der Waals surface area contributed by atoms with Crippen LogP contribution in [0.2, 0.25) is 10.3 Å². The Bertz CT molecular complexity index is 1930. The molecule has 6 rings (SSSR count). The molecule has 2 unspecified atom stereocenters. The lowest BCUT2D eigenvalue weighted by atomic mass is 10.1. The molecular formula is C28H22BrCl2F9N8O2. The SMILES string of the molecule is FC(F)c1nc2ccc(Cl)nn2c1CBr.O=C1CC(C=C(F)F)CN1.O=C1CC(C=C(F)F)CN1Cc1c(C(F)(F)F)nc2ccc(Cl)nn12. The van der Waals surface area contributed by atoms with E-state index in [9.17, 15) is 49.1 Å². The van der Waals surface area contributed by atoms with E-state index in [0.29, 0.717) is 24.0 Å². The average molecular weight is 824 g/mol. The molecule has 4 aromatic heterocycles. The number of halogens is 12. The fourth-order valence-electron chi connectivity index (χ4n) is 4.95. The summed E-state index contributed by atoms with van der Waals surface area (Å²) in [6, 6.07) is 5.62. The number of aromatic nitrogens is 6. The van der Waals surface area contributed by atoms with Gasteiger partial charge in [-0.2, -0.15) is 40.9 Å². The van der Waals surface area contributed by atoms with E-state index in [1.54, 1.807) is 6.07 Å². The molecule has 0 radical (unpaired) electrons. The van der Waals surface area contributed by atoms with Gasteiger partial charge in [0.25, 0.3) is 18.6 Å². The van der Waals surface area contributed by atoms with Gasteiger partial charge in [-0.25, -0.2) is 27.8 Å². The van der Waals surface area contributed by atoms with Gasteiger partial charge in [0.1, 0.15) is 16.0 Å². The molecule has 50 heavy (non-hydrogen) atoms. The van der Waals surface area contributed by atoms with Gasteiger partial charge >= 0.3 is 6.18 Å². The third-order valence-corrected chi connectivity index (χ3v) is 7.96. The maximum Gasteiger partial charge on any atom is 0.435 e. The molecule has 270 valence electrons. The van der Waals surface area contributed by atoms with Crippen molar-refractivity contribution in [1.82, 2.24) is 39.4 Å². The molecule has 4 aromatic rings. The smallest absolute Gasteiger partial charge is 0.355 e. The monoisotopic (exact) mass is 822 g/mol. The number of carbonyl (C=O) groups is 2. The van der Waals surface area contributed by atoms with Crippen LogP contribution in [0.25, 0.3) is 11.3 Å². The van der Waals surface area contributed by atoms with Crippen LogP contribution in [0.1, 0.15) is 42.0 Å². The molecule has 2 atom stereocenters. The molecule has 22 heteroatoms. The molecule has 2 aliphatic heterocycles. The number of hydrogen-bond donors (Lipinski definition) is 1. The van der Waals surface area contributed by atoms with E-state index >= 15 is 0 Å². The normalized spacial score (nSPS) is 17.4. The summed E-state index contributed by atoms with van der Waals surface area (Å²) in [5, 5.41) is 10.6. The van der Waals surface area contributed by atoms with Crippen LogP contribution < -0.4 is 5.32 Å². The fourth-order valence-corrected chi connectivity index (χ4v) is 5.75. The Balaban J connectivity index is 0.000000189. The van der Waals surface area contributed by atoms with Gasteiger partial charge in [-0.15, -0.1) is 0 Å². The number of fused-ring (bicyclic) bond motifs is 2. The summed E-state index contributed by atoms with van der Waals surface area (Å²) < 4.78 is 115. The van der Waals surface area contributed by atoms with E-state index in [0.717, 1.165) is 15.5 Å². The summed E-state index contributed by atoms with van der Waals surface area (Å²) in [5.41, 5.74) is -1.22. The number of carbonyl (C=O) groups excluding carboxylic acids is 2. The van der Waals surface area contributed by atoms with Crippen LogP contribution in [0.5, 0.6) is 0 Å². The molecule has 0 bridgehead atoms. The molecule has 2 aliphatic rings. The van der Waals surface area contributed by atoms with E-state index in [-0.39, 0.29) is 63.9 Å². The zero-order chi connectivity index (χ0) is 36.9. The first-order valence-electron chi connectivity index (χ1n) is 14.1. The van der Waals surface area contributed by atoms with Crippen molar-refractivity contribution in [1.29, 1.82) is 0 Å². The molecule has 2 saturated heterocycles. The van der Waals surface area contributed by atoms with Crippen LogP contribution >= 0.6 is 39.1 Å². The summed E-state index contributed by atoms with van der Waals surface area (Å²) in [6.07, 6.45) is -9.56. The van der Waals surface area contributed by atoms with Crippen LogP contribution in [0, 0.1) is 11.8 Å². The first kappa shape index (κ1) is 38.9. The Kier molecular flexibility index (Phi) is 12.8. The highest BCUT2D eigenvalue weighted by atomic mass is 79.9. The summed E-state index contributed by atoms with van der Waals surface area (Å²) in [4.78, 5) is 30.8. The lowest BCUT2D eigenvalue weighted by molar-refractivity contribution is -0.142. The number of rotatable bonds is 6. The van der Waals surface area contributed by atoms with Gasteiger partial charge in [-0.05, 0) is 36.4 Å². The second-order valence-electron chi connectivity index (χ2n) is 10.6. The minimum atomic E-state index is -4.76. The number of nitrogens with one attached hydrogen (secondary N) is 1. The molecule has 2 fully saturated rings. The molecule has 0 aromatic carbocycles. The van der Waals surface area contributed by atoms with Gasteiger partial charge in [0, 0.05) is 43.1 Å². The number of amides is 2. The molecule has 0 saturated carbocycles. The number of likely N-dealkylation sites (tertiary alicyclic amines) is 1. The predicted molar refractivity (Wildman–Crippen MR) is 164 cm³/mol. The Morgan fingerprint density at radius 3 is 1.96 bits per heavy atom. The number of hydrogen-bond acceptors (Lipinski definition) is 6. The molecular weight excluding hydrogens is 802 g/mol. The highest BCUT2D eigenvalue weighted by Gasteiger charge is 2.40. The summed E-state index contributed by atoms with van der Waals surface area (Å²) in [7, 11) is 0. The van der Waals surface area contributed by atoms with Gasteiger partial charge < -0.3 is 10.2 Å². The van der Waals surface area contributed by atoms with Crippen molar-refractivity contribution >= 4 is 62.2 Å². The minimum absolute atomic E-state index is 0.0482. The number of imidazole rings is 2. The molecule has 2 amide bonds. The third kappa shape index (κ3) is 9.87. The highest BCUT2D eigenvalue weighted by molar-refractivity contribution is 9.08. The topological polar surface area (TPSA) is 110 Å². The minimum Gasteiger partial charge on any atom is -0.355 e. The Labute approximate surface area is 294 Å². The zero-order valence-electron chi connectivity index (χ0n) is 24.9. The van der Waals surface area contributed by atoms with Crippen LogP contribution in [0.15, 0.2) is 48.6 Å². The zero-order valence-corrected chi connectivity index (χ0v) is 28.0. The van der Waals surface area contributed by atoms with Crippen LogP contribution in [-0.2, 0) is 27.6 Å². The lowest BCUT2D eigenvalue weighted by Crippen LogP contribution is -2.27. The van der Waals surface area contributed by atoms with Crippen LogP contribution in [0.3, 0.4) is 0 Å². The van der Waals surface area contributed by atoms with Gasteiger partial charge in [0.2, 0.25) is 11.8 Å². The third-order valence-electron chi connectivity index (χ3n) is 7.03. The Morgan fingerprint density at radius 2 is 1.46 bits per heavy atom. The van der Waals surface area contributed by atoms with E-state index in [4.69, 9.17) is 23.2 Å². The number of alkyl halides is 6. The van der Waals surface area contributed by atoms with Crippen molar-refractivity contribution in [3.8, 4) is 0 Å². The molecule has 0 spiro atoms. The van der Waals surface area contributed by atoms with Crippen molar-refractivity contribution < 1.29 is 49.1 Å². The number of nitrogens with zero attached hydrogens (tertiary/aromatic N) is 7. The molecule has 10 nitrogen and oxygen atoms in total. The molecule has 6 heterocycles.